The Bertz CT molecular complexity index is 454. The summed E-state index contributed by atoms with van der Waals surface area (Å²) in [5, 5.41) is 10.8. The molecule has 1 amide bonds. The summed E-state index contributed by atoms with van der Waals surface area (Å²) in [6.45, 7) is 1.09. The molecule has 0 aliphatic carbocycles. The van der Waals surface area contributed by atoms with Crippen LogP contribution in [0.15, 0.2) is 23.3 Å². The van der Waals surface area contributed by atoms with Gasteiger partial charge < -0.3 is 10.4 Å². The highest BCUT2D eigenvalue weighted by Crippen LogP contribution is 1.84. The van der Waals surface area contributed by atoms with E-state index in [9.17, 15) is 14.4 Å². The molecule has 0 aromatic carbocycles. The highest BCUT2D eigenvalue weighted by Gasteiger charge is 2.14. The topological polar surface area (TPSA) is 101 Å². The Hall–Kier alpha value is -2.18. The minimum Gasteiger partial charge on any atom is -0.480 e. The lowest BCUT2D eigenvalue weighted by molar-refractivity contribution is -0.141. The summed E-state index contributed by atoms with van der Waals surface area (Å²) in [7, 11) is 0. The number of carboxylic acid groups (broad SMARTS) is 1. The van der Waals surface area contributed by atoms with Gasteiger partial charge in [-0.3, -0.25) is 14.2 Å². The van der Waals surface area contributed by atoms with Gasteiger partial charge in [-0.15, -0.1) is 0 Å². The van der Waals surface area contributed by atoms with E-state index in [4.69, 9.17) is 5.11 Å². The first-order chi connectivity index (χ1) is 7.50. The third-order valence-corrected chi connectivity index (χ3v) is 1.84. The third kappa shape index (κ3) is 3.19. The SMILES string of the molecule is C[C@@H](NC(=O)Cn1cccnc1=O)C(=O)O. The van der Waals surface area contributed by atoms with E-state index in [1.54, 1.807) is 0 Å². The van der Waals surface area contributed by atoms with Crippen molar-refractivity contribution in [1.29, 1.82) is 0 Å². The Morgan fingerprint density at radius 1 is 1.62 bits per heavy atom. The number of hydrogen-bond acceptors (Lipinski definition) is 4. The molecule has 1 heterocycles. The second-order valence-corrected chi connectivity index (χ2v) is 3.16. The minimum atomic E-state index is -1.13. The van der Waals surface area contributed by atoms with E-state index in [1.165, 1.54) is 25.4 Å². The summed E-state index contributed by atoms with van der Waals surface area (Å²) >= 11 is 0. The fraction of sp³-hybridized carbons (Fsp3) is 0.333. The highest BCUT2D eigenvalue weighted by molar-refractivity contribution is 5.82. The Kier molecular flexibility index (Phi) is 3.76. The van der Waals surface area contributed by atoms with Crippen LogP contribution in [0, 0.1) is 0 Å². The normalized spacial score (nSPS) is 11.8. The smallest absolute Gasteiger partial charge is 0.347 e. The van der Waals surface area contributed by atoms with Crippen LogP contribution < -0.4 is 11.0 Å². The van der Waals surface area contributed by atoms with E-state index in [1.807, 2.05) is 0 Å². The van der Waals surface area contributed by atoms with Crippen molar-refractivity contribution in [1.82, 2.24) is 14.9 Å². The predicted molar refractivity (Wildman–Crippen MR) is 53.7 cm³/mol. The van der Waals surface area contributed by atoms with Crippen LogP contribution >= 0.6 is 0 Å². The van der Waals surface area contributed by atoms with Crippen LogP contribution in [0.3, 0.4) is 0 Å². The van der Waals surface area contributed by atoms with Gasteiger partial charge in [-0.1, -0.05) is 0 Å². The van der Waals surface area contributed by atoms with Crippen LogP contribution in [-0.4, -0.2) is 32.6 Å². The van der Waals surface area contributed by atoms with Gasteiger partial charge in [-0.25, -0.2) is 9.78 Å². The van der Waals surface area contributed by atoms with Crippen molar-refractivity contribution >= 4 is 11.9 Å². The van der Waals surface area contributed by atoms with Crippen molar-refractivity contribution in [3.63, 3.8) is 0 Å². The summed E-state index contributed by atoms with van der Waals surface area (Å²) in [6.07, 6.45) is 2.72. The van der Waals surface area contributed by atoms with Crippen LogP contribution in [0.5, 0.6) is 0 Å². The Balaban J connectivity index is 2.62. The molecule has 0 fully saturated rings. The van der Waals surface area contributed by atoms with Crippen LogP contribution in [-0.2, 0) is 16.1 Å². The van der Waals surface area contributed by atoms with Gasteiger partial charge in [0.2, 0.25) is 5.91 Å². The van der Waals surface area contributed by atoms with Gasteiger partial charge in [0.05, 0.1) is 0 Å². The van der Waals surface area contributed by atoms with Crippen LogP contribution in [0.4, 0.5) is 0 Å². The molecule has 0 aliphatic rings. The van der Waals surface area contributed by atoms with Gasteiger partial charge in [0.15, 0.2) is 0 Å². The largest absolute Gasteiger partial charge is 0.480 e. The molecule has 0 bridgehead atoms. The molecule has 0 radical (unpaired) electrons. The first-order valence-corrected chi connectivity index (χ1v) is 4.54. The number of carbonyl (C=O) groups is 2. The van der Waals surface area contributed by atoms with E-state index >= 15 is 0 Å². The first kappa shape index (κ1) is 11.9. The number of amides is 1. The summed E-state index contributed by atoms with van der Waals surface area (Å²) in [6, 6.07) is 0.523. The predicted octanol–water partition coefficient (Wildman–Crippen LogP) is -1.17. The first-order valence-electron chi connectivity index (χ1n) is 4.54. The molecule has 0 aliphatic heterocycles. The molecular formula is C9H11N3O4. The molecule has 1 aromatic heterocycles. The Morgan fingerprint density at radius 3 is 2.88 bits per heavy atom. The van der Waals surface area contributed by atoms with Crippen LogP contribution in [0.1, 0.15) is 6.92 Å². The van der Waals surface area contributed by atoms with Gasteiger partial charge in [-0.05, 0) is 13.0 Å². The molecule has 2 N–H and O–H groups in total. The van der Waals surface area contributed by atoms with Crippen molar-refractivity contribution in [2.75, 3.05) is 0 Å². The second-order valence-electron chi connectivity index (χ2n) is 3.16. The van der Waals surface area contributed by atoms with Crippen molar-refractivity contribution < 1.29 is 14.7 Å². The number of rotatable bonds is 4. The molecule has 0 unspecified atom stereocenters. The van der Waals surface area contributed by atoms with E-state index in [0.29, 0.717) is 0 Å². The molecule has 0 spiro atoms. The van der Waals surface area contributed by atoms with Gasteiger partial charge in [0.1, 0.15) is 12.6 Å². The number of nitrogens with zero attached hydrogens (tertiary/aromatic N) is 2. The number of carboxylic acids is 1. The zero-order chi connectivity index (χ0) is 12.1. The van der Waals surface area contributed by atoms with E-state index in [2.05, 4.69) is 10.3 Å². The quantitative estimate of drug-likeness (QED) is 0.672. The van der Waals surface area contributed by atoms with Gasteiger partial charge in [0, 0.05) is 12.4 Å². The molecule has 1 rings (SSSR count). The maximum Gasteiger partial charge on any atom is 0.347 e. The molecule has 7 heteroatoms. The molecule has 86 valence electrons. The third-order valence-electron chi connectivity index (χ3n) is 1.84. The van der Waals surface area contributed by atoms with Crippen molar-refractivity contribution in [2.45, 2.75) is 19.5 Å². The Labute approximate surface area is 90.7 Å². The zero-order valence-corrected chi connectivity index (χ0v) is 8.58. The lowest BCUT2D eigenvalue weighted by Gasteiger charge is -2.09. The summed E-state index contributed by atoms with van der Waals surface area (Å²) in [5.41, 5.74) is -0.555. The van der Waals surface area contributed by atoms with Gasteiger partial charge in [-0.2, -0.15) is 0 Å². The fourth-order valence-electron chi connectivity index (χ4n) is 1.01. The fourth-order valence-corrected chi connectivity index (χ4v) is 1.01. The van der Waals surface area contributed by atoms with Crippen molar-refractivity contribution in [2.24, 2.45) is 0 Å². The molecule has 7 nitrogen and oxygen atoms in total. The van der Waals surface area contributed by atoms with Crippen molar-refractivity contribution in [3.05, 3.63) is 28.9 Å². The maximum atomic E-state index is 11.3. The van der Waals surface area contributed by atoms with E-state index < -0.39 is 23.6 Å². The number of hydrogen-bond donors (Lipinski definition) is 2. The number of aliphatic carboxylic acids is 1. The number of aromatic nitrogens is 2. The molecule has 16 heavy (non-hydrogen) atoms. The summed E-state index contributed by atoms with van der Waals surface area (Å²) in [4.78, 5) is 36.4. The van der Waals surface area contributed by atoms with Gasteiger partial charge in [0.25, 0.3) is 0 Å². The van der Waals surface area contributed by atoms with Crippen molar-refractivity contribution in [3.8, 4) is 0 Å². The number of carbonyl (C=O) groups excluding carboxylic acids is 1. The van der Waals surface area contributed by atoms with E-state index in [-0.39, 0.29) is 6.54 Å². The second kappa shape index (κ2) is 5.06. The monoisotopic (exact) mass is 225 g/mol. The highest BCUT2D eigenvalue weighted by atomic mass is 16.4. The van der Waals surface area contributed by atoms with Crippen LogP contribution in [0.2, 0.25) is 0 Å². The lowest BCUT2D eigenvalue weighted by atomic mass is 10.3. The standard InChI is InChI=1S/C9H11N3O4/c1-6(8(14)15)11-7(13)5-12-4-2-3-10-9(12)16/h2-4,6H,5H2,1H3,(H,11,13)(H,14,15)/t6-/m1/s1. The molecule has 1 atom stereocenters. The van der Waals surface area contributed by atoms with E-state index in [0.717, 1.165) is 4.57 Å². The molecule has 1 aromatic rings. The molecular weight excluding hydrogens is 214 g/mol. The zero-order valence-electron chi connectivity index (χ0n) is 8.58. The average molecular weight is 225 g/mol. The summed E-state index contributed by atoms with van der Waals surface area (Å²) in [5.74, 6) is -1.68. The number of nitrogens with one attached hydrogen (secondary N) is 1. The van der Waals surface area contributed by atoms with Crippen LogP contribution in [0.25, 0.3) is 0 Å². The summed E-state index contributed by atoms with van der Waals surface area (Å²) < 4.78 is 1.09. The lowest BCUT2D eigenvalue weighted by Crippen LogP contribution is -2.41. The Morgan fingerprint density at radius 2 is 2.31 bits per heavy atom. The van der Waals surface area contributed by atoms with Gasteiger partial charge >= 0.3 is 11.7 Å². The average Bonchev–Trinajstić information content (AvgIpc) is 2.21. The molecule has 0 saturated heterocycles. The minimum absolute atomic E-state index is 0.246. The maximum absolute atomic E-state index is 11.3. The molecule has 0 saturated carbocycles.